The van der Waals surface area contributed by atoms with Crippen LogP contribution in [0.25, 0.3) is 0 Å². The largest absolute Gasteiger partial charge is 0.313 e. The Labute approximate surface area is 113 Å². The lowest BCUT2D eigenvalue weighted by Gasteiger charge is -2.26. The Kier molecular flexibility index (Phi) is 7.87. The van der Waals surface area contributed by atoms with Gasteiger partial charge in [-0.15, -0.1) is 0 Å². The van der Waals surface area contributed by atoms with E-state index in [1.54, 1.807) is 0 Å². The smallest absolute Gasteiger partial charge is 0.0143 e. The van der Waals surface area contributed by atoms with Crippen molar-refractivity contribution >= 4 is 0 Å². The zero-order chi connectivity index (χ0) is 13.4. The maximum Gasteiger partial charge on any atom is 0.0143 e. The third kappa shape index (κ3) is 5.25. The zero-order valence-corrected chi connectivity index (χ0v) is 12.8. The molecule has 1 saturated heterocycles. The first-order valence-corrected chi connectivity index (χ1v) is 7.82. The normalized spacial score (nSPS) is 29.5. The van der Waals surface area contributed by atoms with Crippen LogP contribution in [0.3, 0.4) is 0 Å². The topological polar surface area (TPSA) is 36.1 Å². The number of hydrogen-bond donors (Lipinski definition) is 3. The van der Waals surface area contributed by atoms with Crippen molar-refractivity contribution in [1.29, 1.82) is 0 Å². The van der Waals surface area contributed by atoms with E-state index in [2.05, 4.69) is 36.9 Å². The molecular weight excluding hydrogens is 222 g/mol. The van der Waals surface area contributed by atoms with Crippen LogP contribution in [0.1, 0.15) is 52.9 Å². The SMILES string of the molecule is CCCCC1NCC(C(C)C)CCC1CNNC. The van der Waals surface area contributed by atoms with E-state index in [1.807, 2.05) is 7.05 Å². The molecule has 0 saturated carbocycles. The summed E-state index contributed by atoms with van der Waals surface area (Å²) in [5, 5.41) is 3.84. The molecule has 0 radical (unpaired) electrons. The van der Waals surface area contributed by atoms with Gasteiger partial charge in [0, 0.05) is 12.6 Å². The lowest BCUT2D eigenvalue weighted by atomic mass is 9.87. The van der Waals surface area contributed by atoms with Crippen LogP contribution in [-0.2, 0) is 0 Å². The second kappa shape index (κ2) is 8.89. The summed E-state index contributed by atoms with van der Waals surface area (Å²) in [4.78, 5) is 0. The molecule has 3 N–H and O–H groups in total. The van der Waals surface area contributed by atoms with E-state index in [0.29, 0.717) is 6.04 Å². The summed E-state index contributed by atoms with van der Waals surface area (Å²) in [6.07, 6.45) is 6.72. The Morgan fingerprint density at radius 3 is 2.67 bits per heavy atom. The van der Waals surface area contributed by atoms with Gasteiger partial charge in [0.15, 0.2) is 0 Å². The Hall–Kier alpha value is -0.120. The fourth-order valence-corrected chi connectivity index (χ4v) is 3.01. The van der Waals surface area contributed by atoms with Crippen LogP contribution in [-0.4, -0.2) is 26.2 Å². The molecule has 1 heterocycles. The molecule has 0 bridgehead atoms. The van der Waals surface area contributed by atoms with Crippen LogP contribution in [0.4, 0.5) is 0 Å². The van der Waals surface area contributed by atoms with E-state index in [4.69, 9.17) is 0 Å². The molecule has 1 aliphatic rings. The lowest BCUT2D eigenvalue weighted by molar-refractivity contribution is 0.313. The fourth-order valence-electron chi connectivity index (χ4n) is 3.01. The number of nitrogens with one attached hydrogen (secondary N) is 3. The summed E-state index contributed by atoms with van der Waals surface area (Å²) in [7, 11) is 1.96. The van der Waals surface area contributed by atoms with E-state index >= 15 is 0 Å². The standard InChI is InChI=1S/C15H33N3/c1-5-6-7-15-14(11-18-16-4)9-8-13(10-17-15)12(2)3/h12-18H,5-11H2,1-4H3. The van der Waals surface area contributed by atoms with Gasteiger partial charge in [-0.05, 0) is 50.6 Å². The van der Waals surface area contributed by atoms with Crippen LogP contribution >= 0.6 is 0 Å². The van der Waals surface area contributed by atoms with Gasteiger partial charge in [0.05, 0.1) is 0 Å². The van der Waals surface area contributed by atoms with Gasteiger partial charge in [-0.1, -0.05) is 33.6 Å². The van der Waals surface area contributed by atoms with Crippen LogP contribution in [0.5, 0.6) is 0 Å². The molecule has 3 atom stereocenters. The molecule has 0 aliphatic carbocycles. The predicted molar refractivity (Wildman–Crippen MR) is 79.4 cm³/mol. The van der Waals surface area contributed by atoms with Gasteiger partial charge in [0.2, 0.25) is 0 Å². The van der Waals surface area contributed by atoms with Crippen molar-refractivity contribution in [3.05, 3.63) is 0 Å². The molecule has 0 amide bonds. The van der Waals surface area contributed by atoms with Crippen molar-refractivity contribution in [2.45, 2.75) is 58.9 Å². The Morgan fingerprint density at radius 1 is 1.28 bits per heavy atom. The molecule has 18 heavy (non-hydrogen) atoms. The fraction of sp³-hybridized carbons (Fsp3) is 1.00. The van der Waals surface area contributed by atoms with Crippen molar-refractivity contribution in [1.82, 2.24) is 16.2 Å². The molecule has 1 rings (SSSR count). The van der Waals surface area contributed by atoms with E-state index < -0.39 is 0 Å². The molecule has 1 fully saturated rings. The number of unbranched alkanes of at least 4 members (excludes halogenated alkanes) is 1. The highest BCUT2D eigenvalue weighted by molar-refractivity contribution is 4.84. The third-order valence-corrected chi connectivity index (χ3v) is 4.47. The van der Waals surface area contributed by atoms with Crippen LogP contribution in [0.15, 0.2) is 0 Å². The summed E-state index contributed by atoms with van der Waals surface area (Å²) in [6, 6.07) is 0.703. The number of hydrogen-bond acceptors (Lipinski definition) is 3. The first-order chi connectivity index (χ1) is 8.69. The quantitative estimate of drug-likeness (QED) is 0.612. The first kappa shape index (κ1) is 15.9. The maximum absolute atomic E-state index is 3.84. The molecule has 3 heteroatoms. The van der Waals surface area contributed by atoms with Crippen molar-refractivity contribution in [2.24, 2.45) is 17.8 Å². The molecule has 3 nitrogen and oxygen atoms in total. The Balaban J connectivity index is 2.52. The van der Waals surface area contributed by atoms with Gasteiger partial charge in [-0.2, -0.15) is 0 Å². The van der Waals surface area contributed by atoms with E-state index in [1.165, 1.54) is 38.6 Å². The second-order valence-corrected chi connectivity index (χ2v) is 6.13. The maximum atomic E-state index is 3.84. The Morgan fingerprint density at radius 2 is 2.06 bits per heavy atom. The van der Waals surface area contributed by atoms with Crippen LogP contribution < -0.4 is 16.2 Å². The monoisotopic (exact) mass is 255 g/mol. The highest BCUT2D eigenvalue weighted by Crippen LogP contribution is 2.26. The predicted octanol–water partition coefficient (Wildman–Crippen LogP) is 2.54. The van der Waals surface area contributed by atoms with E-state index in [9.17, 15) is 0 Å². The van der Waals surface area contributed by atoms with E-state index in [-0.39, 0.29) is 0 Å². The lowest BCUT2D eigenvalue weighted by Crippen LogP contribution is -2.43. The minimum Gasteiger partial charge on any atom is -0.313 e. The average molecular weight is 255 g/mol. The van der Waals surface area contributed by atoms with E-state index in [0.717, 1.165) is 24.3 Å². The second-order valence-electron chi connectivity index (χ2n) is 6.13. The minimum atomic E-state index is 0.703. The van der Waals surface area contributed by atoms with Crippen LogP contribution in [0.2, 0.25) is 0 Å². The van der Waals surface area contributed by atoms with Gasteiger partial charge >= 0.3 is 0 Å². The van der Waals surface area contributed by atoms with Crippen molar-refractivity contribution in [3.8, 4) is 0 Å². The molecule has 0 aromatic heterocycles. The molecule has 3 unspecified atom stereocenters. The number of hydrazine groups is 1. The highest BCUT2D eigenvalue weighted by Gasteiger charge is 2.27. The molecule has 0 aromatic rings. The summed E-state index contributed by atoms with van der Waals surface area (Å²) >= 11 is 0. The summed E-state index contributed by atoms with van der Waals surface area (Å²) < 4.78 is 0. The molecule has 1 aliphatic heterocycles. The van der Waals surface area contributed by atoms with Crippen molar-refractivity contribution in [3.63, 3.8) is 0 Å². The minimum absolute atomic E-state index is 0.703. The van der Waals surface area contributed by atoms with Gasteiger partial charge in [-0.3, -0.25) is 10.9 Å². The molecule has 0 spiro atoms. The Bertz CT molecular complexity index is 188. The van der Waals surface area contributed by atoms with Gasteiger partial charge < -0.3 is 5.32 Å². The van der Waals surface area contributed by atoms with Gasteiger partial charge in [0.1, 0.15) is 0 Å². The highest BCUT2D eigenvalue weighted by atomic mass is 15.3. The average Bonchev–Trinajstić information content (AvgIpc) is 2.56. The molecule has 0 aromatic carbocycles. The van der Waals surface area contributed by atoms with Gasteiger partial charge in [-0.25, -0.2) is 0 Å². The van der Waals surface area contributed by atoms with Crippen molar-refractivity contribution in [2.75, 3.05) is 20.1 Å². The zero-order valence-electron chi connectivity index (χ0n) is 12.8. The van der Waals surface area contributed by atoms with Crippen LogP contribution in [0, 0.1) is 17.8 Å². The third-order valence-electron chi connectivity index (χ3n) is 4.47. The molecular formula is C15H33N3. The number of rotatable bonds is 7. The van der Waals surface area contributed by atoms with Crippen molar-refractivity contribution < 1.29 is 0 Å². The first-order valence-electron chi connectivity index (χ1n) is 7.82. The molecule has 108 valence electrons. The summed E-state index contributed by atoms with van der Waals surface area (Å²) in [6.45, 7) is 9.30. The summed E-state index contributed by atoms with van der Waals surface area (Å²) in [5.74, 6) is 2.43. The summed E-state index contributed by atoms with van der Waals surface area (Å²) in [5.41, 5.74) is 6.37. The van der Waals surface area contributed by atoms with Gasteiger partial charge in [0.25, 0.3) is 0 Å².